The average Bonchev–Trinajstić information content (AvgIpc) is 3.33. The first kappa shape index (κ1) is 24.2. The Kier molecular flexibility index (Phi) is 6.47. The van der Waals surface area contributed by atoms with Crippen molar-refractivity contribution in [2.45, 2.75) is 25.7 Å². The van der Waals surface area contributed by atoms with Crippen LogP contribution in [-0.2, 0) is 10.6 Å². The normalized spacial score (nSPS) is 17.6. The molecule has 4 heterocycles. The molecule has 8 nitrogen and oxygen atoms in total. The number of aryl methyl sites for hydroxylation is 1. The van der Waals surface area contributed by atoms with Gasteiger partial charge in [-0.2, -0.15) is 0 Å². The van der Waals surface area contributed by atoms with Gasteiger partial charge in [0, 0.05) is 35.2 Å². The van der Waals surface area contributed by atoms with Gasteiger partial charge in [-0.05, 0) is 67.9 Å². The summed E-state index contributed by atoms with van der Waals surface area (Å²) in [5, 5.41) is 13.9. The average molecular weight is 498 g/mol. The molecule has 0 bridgehead atoms. The molecule has 2 atom stereocenters. The topological polar surface area (TPSA) is 109 Å². The standard InChI is InChI=1S/C28H24FN5O3/c1-17-6-8-24(31-15-17)19-11-20(25-14-28(36,37-34-25)26-5-3-4-10-30-26)13-21(12-19)27(35)33-18(2)23-9-7-22(29)16-32-23/h3-16,18,34,36H,1-2H3,(H,33,35). The van der Waals surface area contributed by atoms with Gasteiger partial charge in [0.2, 0.25) is 0 Å². The van der Waals surface area contributed by atoms with Crippen LogP contribution in [0.15, 0.2) is 85.3 Å². The number of rotatable bonds is 6. The molecule has 0 aliphatic carbocycles. The number of halogens is 1. The first-order chi connectivity index (χ1) is 17.8. The van der Waals surface area contributed by atoms with Crippen molar-refractivity contribution in [1.82, 2.24) is 25.7 Å². The van der Waals surface area contributed by atoms with E-state index in [0.717, 1.165) is 11.8 Å². The summed E-state index contributed by atoms with van der Waals surface area (Å²) in [4.78, 5) is 31.5. The van der Waals surface area contributed by atoms with Crippen molar-refractivity contribution in [1.29, 1.82) is 0 Å². The quantitative estimate of drug-likeness (QED) is 0.366. The summed E-state index contributed by atoms with van der Waals surface area (Å²) in [7, 11) is 0. The molecule has 5 rings (SSSR count). The molecule has 2 unspecified atom stereocenters. The van der Waals surface area contributed by atoms with E-state index >= 15 is 0 Å². The third-order valence-corrected chi connectivity index (χ3v) is 5.94. The van der Waals surface area contributed by atoms with Crippen LogP contribution in [0.2, 0.25) is 0 Å². The number of nitrogens with one attached hydrogen (secondary N) is 2. The van der Waals surface area contributed by atoms with E-state index in [2.05, 4.69) is 25.7 Å². The van der Waals surface area contributed by atoms with Crippen molar-refractivity contribution in [3.8, 4) is 11.3 Å². The highest BCUT2D eigenvalue weighted by Gasteiger charge is 2.36. The van der Waals surface area contributed by atoms with Crippen molar-refractivity contribution in [2.24, 2.45) is 0 Å². The van der Waals surface area contributed by atoms with E-state index in [9.17, 15) is 14.3 Å². The van der Waals surface area contributed by atoms with Crippen molar-refractivity contribution in [2.75, 3.05) is 0 Å². The fourth-order valence-electron chi connectivity index (χ4n) is 3.93. The highest BCUT2D eigenvalue weighted by Crippen LogP contribution is 2.33. The highest BCUT2D eigenvalue weighted by molar-refractivity contribution is 5.96. The SMILES string of the molecule is Cc1ccc(-c2cc(C(=O)NC(C)c3ccc(F)cn3)cc(C3=CC(O)(c4ccccn4)ON3)c2)nc1. The van der Waals surface area contributed by atoms with Gasteiger partial charge in [0.05, 0.1) is 29.3 Å². The van der Waals surface area contributed by atoms with Gasteiger partial charge in [-0.1, -0.05) is 12.1 Å². The molecule has 186 valence electrons. The molecule has 0 spiro atoms. The lowest BCUT2D eigenvalue weighted by Crippen LogP contribution is -2.27. The van der Waals surface area contributed by atoms with E-state index in [1.807, 2.05) is 25.1 Å². The van der Waals surface area contributed by atoms with E-state index in [-0.39, 0.29) is 5.91 Å². The second-order valence-corrected chi connectivity index (χ2v) is 8.79. The number of hydroxylamine groups is 1. The molecule has 1 aliphatic rings. The van der Waals surface area contributed by atoms with Crippen LogP contribution in [-0.4, -0.2) is 26.0 Å². The van der Waals surface area contributed by atoms with Crippen LogP contribution < -0.4 is 10.8 Å². The number of aliphatic hydroxyl groups is 1. The third kappa shape index (κ3) is 5.23. The van der Waals surface area contributed by atoms with Crippen molar-refractivity contribution in [3.05, 3.63) is 119 Å². The number of hydrogen-bond donors (Lipinski definition) is 3. The molecule has 9 heteroatoms. The van der Waals surface area contributed by atoms with Crippen LogP contribution in [0.1, 0.15) is 45.8 Å². The number of benzene rings is 1. The lowest BCUT2D eigenvalue weighted by molar-refractivity contribution is -0.190. The number of hydrogen-bond acceptors (Lipinski definition) is 7. The maximum absolute atomic E-state index is 13.3. The van der Waals surface area contributed by atoms with E-state index in [0.29, 0.717) is 39.5 Å². The number of aromatic nitrogens is 3. The van der Waals surface area contributed by atoms with Crippen molar-refractivity contribution >= 4 is 11.6 Å². The fraction of sp³-hybridized carbons (Fsp3) is 0.143. The van der Waals surface area contributed by atoms with E-state index < -0.39 is 17.6 Å². The fourth-order valence-corrected chi connectivity index (χ4v) is 3.93. The number of pyridine rings is 3. The molecule has 0 saturated heterocycles. The van der Waals surface area contributed by atoms with Crippen LogP contribution in [0.3, 0.4) is 0 Å². The summed E-state index contributed by atoms with van der Waals surface area (Å²) in [5.41, 5.74) is 7.41. The van der Waals surface area contributed by atoms with Gasteiger partial charge in [0.1, 0.15) is 11.5 Å². The largest absolute Gasteiger partial charge is 0.356 e. The second kappa shape index (κ2) is 9.88. The Morgan fingerprint density at radius 3 is 2.59 bits per heavy atom. The molecule has 0 saturated carbocycles. The Morgan fingerprint density at radius 1 is 1.05 bits per heavy atom. The van der Waals surface area contributed by atoms with Gasteiger partial charge >= 0.3 is 0 Å². The van der Waals surface area contributed by atoms with Gasteiger partial charge in [0.25, 0.3) is 11.7 Å². The second-order valence-electron chi connectivity index (χ2n) is 8.79. The summed E-state index contributed by atoms with van der Waals surface area (Å²) < 4.78 is 13.3. The Balaban J connectivity index is 1.51. The van der Waals surface area contributed by atoms with Crippen molar-refractivity contribution < 1.29 is 19.1 Å². The maximum atomic E-state index is 13.3. The zero-order valence-electron chi connectivity index (χ0n) is 20.1. The molecule has 1 aromatic carbocycles. The van der Waals surface area contributed by atoms with Gasteiger partial charge in [0.15, 0.2) is 0 Å². The first-order valence-electron chi connectivity index (χ1n) is 11.6. The highest BCUT2D eigenvalue weighted by atomic mass is 19.1. The molecule has 3 N–H and O–H groups in total. The lowest BCUT2D eigenvalue weighted by atomic mass is 9.99. The smallest absolute Gasteiger partial charge is 0.256 e. The van der Waals surface area contributed by atoms with Gasteiger partial charge in [-0.15, -0.1) is 0 Å². The minimum Gasteiger partial charge on any atom is -0.356 e. The number of nitrogens with zero attached hydrogens (tertiary/aromatic N) is 3. The number of amides is 1. The molecular weight excluding hydrogens is 473 g/mol. The van der Waals surface area contributed by atoms with Crippen LogP contribution in [0, 0.1) is 12.7 Å². The van der Waals surface area contributed by atoms with Crippen LogP contribution >= 0.6 is 0 Å². The summed E-state index contributed by atoms with van der Waals surface area (Å²) in [6, 6.07) is 16.6. The number of carbonyl (C=O) groups is 1. The minimum atomic E-state index is -1.78. The maximum Gasteiger partial charge on any atom is 0.256 e. The molecule has 0 fully saturated rings. The lowest BCUT2D eigenvalue weighted by Gasteiger charge is -2.17. The van der Waals surface area contributed by atoms with E-state index in [1.54, 1.807) is 49.6 Å². The predicted octanol–water partition coefficient (Wildman–Crippen LogP) is 4.20. The number of carbonyl (C=O) groups excluding carboxylic acids is 1. The predicted molar refractivity (Wildman–Crippen MR) is 135 cm³/mol. The zero-order valence-corrected chi connectivity index (χ0v) is 20.1. The first-order valence-corrected chi connectivity index (χ1v) is 11.6. The summed E-state index contributed by atoms with van der Waals surface area (Å²) in [6.45, 7) is 3.71. The Morgan fingerprint density at radius 2 is 1.89 bits per heavy atom. The molecule has 1 amide bonds. The zero-order chi connectivity index (χ0) is 26.0. The molecule has 4 aromatic rings. The third-order valence-electron chi connectivity index (χ3n) is 5.94. The Bertz CT molecular complexity index is 1460. The summed E-state index contributed by atoms with van der Waals surface area (Å²) >= 11 is 0. The van der Waals surface area contributed by atoms with E-state index in [1.165, 1.54) is 18.2 Å². The molecular formula is C28H24FN5O3. The van der Waals surface area contributed by atoms with Gasteiger partial charge in [-0.25, -0.2) is 9.23 Å². The molecule has 37 heavy (non-hydrogen) atoms. The van der Waals surface area contributed by atoms with Crippen LogP contribution in [0.5, 0.6) is 0 Å². The monoisotopic (exact) mass is 497 g/mol. The van der Waals surface area contributed by atoms with Crippen molar-refractivity contribution in [3.63, 3.8) is 0 Å². The molecule has 0 radical (unpaired) electrons. The molecule has 3 aromatic heterocycles. The van der Waals surface area contributed by atoms with E-state index in [4.69, 9.17) is 4.84 Å². The molecule has 1 aliphatic heterocycles. The summed E-state index contributed by atoms with van der Waals surface area (Å²) in [6.07, 6.45) is 5.93. The Labute approximate surface area is 212 Å². The van der Waals surface area contributed by atoms with Gasteiger partial charge < -0.3 is 10.4 Å². The minimum absolute atomic E-state index is 0.312. The summed E-state index contributed by atoms with van der Waals surface area (Å²) in [5.74, 6) is -2.58. The van der Waals surface area contributed by atoms with Crippen LogP contribution in [0.4, 0.5) is 4.39 Å². The van der Waals surface area contributed by atoms with Gasteiger partial charge in [-0.3, -0.25) is 25.2 Å². The van der Waals surface area contributed by atoms with Crippen LogP contribution in [0.25, 0.3) is 17.0 Å². The Hall–Kier alpha value is -4.47.